The summed E-state index contributed by atoms with van der Waals surface area (Å²) in [4.78, 5) is 29.8. The molecule has 0 heterocycles. The normalized spacial score (nSPS) is 15.5. The first-order valence-electron chi connectivity index (χ1n) is 11.5. The van der Waals surface area contributed by atoms with Crippen molar-refractivity contribution < 1.29 is 14.3 Å². The van der Waals surface area contributed by atoms with Crippen molar-refractivity contribution in [3.05, 3.63) is 59.7 Å². The summed E-state index contributed by atoms with van der Waals surface area (Å²) in [6, 6.07) is 15.2. The summed E-state index contributed by atoms with van der Waals surface area (Å²) >= 11 is 0. The van der Waals surface area contributed by atoms with Gasteiger partial charge in [0.05, 0.1) is 0 Å². The number of carbonyl (C=O) groups excluding carboxylic acids is 2. The molecular weight excluding hydrogens is 402 g/mol. The van der Waals surface area contributed by atoms with E-state index in [4.69, 9.17) is 4.74 Å². The molecule has 0 aliphatic heterocycles. The fourth-order valence-corrected chi connectivity index (χ4v) is 4.14. The standard InChI is InChI=1S/C26H35N3O3/c1-6-28(7-2)22-16-13-21(14-17-22)27-24(30)29(25(31)32-26(3,4)5)23-15-12-19-10-8-9-11-20(19)18-23/h8-11,13-14,16-17,23H,6-7,12,15,18H2,1-5H3,(H,27,30). The van der Waals surface area contributed by atoms with Gasteiger partial charge in [-0.15, -0.1) is 0 Å². The van der Waals surface area contributed by atoms with E-state index in [0.29, 0.717) is 18.5 Å². The van der Waals surface area contributed by atoms with Crippen LogP contribution >= 0.6 is 0 Å². The first-order valence-corrected chi connectivity index (χ1v) is 11.5. The van der Waals surface area contributed by atoms with Gasteiger partial charge in [-0.2, -0.15) is 0 Å². The Morgan fingerprint density at radius 2 is 1.62 bits per heavy atom. The number of urea groups is 1. The molecule has 1 N–H and O–H groups in total. The summed E-state index contributed by atoms with van der Waals surface area (Å²) in [5.74, 6) is 0. The number of imide groups is 1. The van der Waals surface area contributed by atoms with Gasteiger partial charge in [0.2, 0.25) is 0 Å². The second kappa shape index (κ2) is 10.1. The van der Waals surface area contributed by atoms with Gasteiger partial charge in [-0.1, -0.05) is 24.3 Å². The van der Waals surface area contributed by atoms with Gasteiger partial charge in [-0.05, 0) is 89.3 Å². The summed E-state index contributed by atoms with van der Waals surface area (Å²) < 4.78 is 5.60. The highest BCUT2D eigenvalue weighted by Crippen LogP contribution is 2.27. The summed E-state index contributed by atoms with van der Waals surface area (Å²) in [5, 5.41) is 2.90. The van der Waals surface area contributed by atoms with Gasteiger partial charge in [-0.3, -0.25) is 0 Å². The maximum atomic E-state index is 13.3. The molecule has 0 radical (unpaired) electrons. The Hall–Kier alpha value is -3.02. The van der Waals surface area contributed by atoms with Crippen molar-refractivity contribution in [1.82, 2.24) is 4.90 Å². The van der Waals surface area contributed by atoms with Crippen LogP contribution in [0, 0.1) is 0 Å². The van der Waals surface area contributed by atoms with Crippen molar-refractivity contribution in [3.8, 4) is 0 Å². The number of anilines is 2. The summed E-state index contributed by atoms with van der Waals surface area (Å²) in [7, 11) is 0. The monoisotopic (exact) mass is 437 g/mol. The number of aryl methyl sites for hydroxylation is 1. The molecule has 0 aromatic heterocycles. The lowest BCUT2D eigenvalue weighted by atomic mass is 9.88. The van der Waals surface area contributed by atoms with Crippen LogP contribution in [-0.4, -0.2) is 41.8 Å². The number of rotatable bonds is 5. The van der Waals surface area contributed by atoms with E-state index in [9.17, 15) is 9.59 Å². The minimum Gasteiger partial charge on any atom is -0.443 e. The molecule has 6 nitrogen and oxygen atoms in total. The molecule has 0 spiro atoms. The third kappa shape index (κ3) is 5.81. The van der Waals surface area contributed by atoms with Crippen molar-refractivity contribution in [3.63, 3.8) is 0 Å². The van der Waals surface area contributed by atoms with Crippen molar-refractivity contribution >= 4 is 23.5 Å². The third-order valence-electron chi connectivity index (χ3n) is 5.74. The number of nitrogens with zero attached hydrogens (tertiary/aromatic N) is 2. The lowest BCUT2D eigenvalue weighted by Crippen LogP contribution is -2.50. The lowest BCUT2D eigenvalue weighted by Gasteiger charge is -2.34. The summed E-state index contributed by atoms with van der Waals surface area (Å²) in [5.41, 5.74) is 3.51. The van der Waals surface area contributed by atoms with Crippen LogP contribution in [0.4, 0.5) is 21.0 Å². The van der Waals surface area contributed by atoms with E-state index in [1.807, 2.05) is 57.2 Å². The molecule has 0 saturated heterocycles. The van der Waals surface area contributed by atoms with E-state index in [0.717, 1.165) is 25.2 Å². The number of carbonyl (C=O) groups is 2. The Labute approximate surface area is 191 Å². The van der Waals surface area contributed by atoms with E-state index in [2.05, 4.69) is 36.2 Å². The van der Waals surface area contributed by atoms with E-state index in [1.165, 1.54) is 16.0 Å². The summed E-state index contributed by atoms with van der Waals surface area (Å²) in [6.45, 7) is 11.5. The molecule has 6 heteroatoms. The molecule has 3 amide bonds. The van der Waals surface area contributed by atoms with Crippen LogP contribution < -0.4 is 10.2 Å². The van der Waals surface area contributed by atoms with Gasteiger partial charge >= 0.3 is 12.1 Å². The molecule has 1 atom stereocenters. The molecule has 0 fully saturated rings. The van der Waals surface area contributed by atoms with Crippen LogP contribution in [0.1, 0.15) is 52.2 Å². The quantitative estimate of drug-likeness (QED) is 0.636. The SMILES string of the molecule is CCN(CC)c1ccc(NC(=O)N(C(=O)OC(C)(C)C)C2CCc3ccccc3C2)cc1. The van der Waals surface area contributed by atoms with Crippen molar-refractivity contribution in [1.29, 1.82) is 0 Å². The average molecular weight is 438 g/mol. The van der Waals surface area contributed by atoms with Crippen LogP contribution in [0.15, 0.2) is 48.5 Å². The lowest BCUT2D eigenvalue weighted by molar-refractivity contribution is 0.0255. The number of nitrogens with one attached hydrogen (secondary N) is 1. The van der Waals surface area contributed by atoms with Crippen LogP contribution in [0.2, 0.25) is 0 Å². The zero-order chi connectivity index (χ0) is 23.3. The Kier molecular flexibility index (Phi) is 7.44. The number of amides is 3. The second-order valence-corrected chi connectivity index (χ2v) is 9.16. The van der Waals surface area contributed by atoms with E-state index >= 15 is 0 Å². The molecule has 0 bridgehead atoms. The molecular formula is C26H35N3O3. The first kappa shape index (κ1) is 23.6. The number of hydrogen-bond donors (Lipinski definition) is 1. The molecule has 32 heavy (non-hydrogen) atoms. The second-order valence-electron chi connectivity index (χ2n) is 9.16. The van der Waals surface area contributed by atoms with E-state index < -0.39 is 17.7 Å². The maximum absolute atomic E-state index is 13.3. The van der Waals surface area contributed by atoms with Crippen LogP contribution in [0.25, 0.3) is 0 Å². The van der Waals surface area contributed by atoms with Crippen LogP contribution in [-0.2, 0) is 17.6 Å². The number of ether oxygens (including phenoxy) is 1. The molecule has 1 aliphatic carbocycles. The van der Waals surface area contributed by atoms with E-state index in [1.54, 1.807) is 0 Å². The highest BCUT2D eigenvalue weighted by Gasteiger charge is 2.35. The van der Waals surface area contributed by atoms with Gasteiger partial charge < -0.3 is 15.0 Å². The predicted octanol–water partition coefficient (Wildman–Crippen LogP) is 5.86. The van der Waals surface area contributed by atoms with Gasteiger partial charge in [0.25, 0.3) is 0 Å². The van der Waals surface area contributed by atoms with Gasteiger partial charge in [-0.25, -0.2) is 14.5 Å². The van der Waals surface area contributed by atoms with Crippen LogP contribution in [0.3, 0.4) is 0 Å². The molecule has 2 aromatic rings. The van der Waals surface area contributed by atoms with Crippen molar-refractivity contribution in [2.45, 2.75) is 65.5 Å². The molecule has 0 saturated carbocycles. The fourth-order valence-electron chi connectivity index (χ4n) is 4.14. The molecule has 3 rings (SSSR count). The zero-order valence-electron chi connectivity index (χ0n) is 19.9. The first-order chi connectivity index (χ1) is 15.2. The Bertz CT molecular complexity index is 930. The van der Waals surface area contributed by atoms with E-state index in [-0.39, 0.29) is 6.04 Å². The van der Waals surface area contributed by atoms with Gasteiger partial charge in [0.1, 0.15) is 5.60 Å². The Morgan fingerprint density at radius 1 is 1.00 bits per heavy atom. The molecule has 1 aliphatic rings. The smallest absolute Gasteiger partial charge is 0.418 e. The van der Waals surface area contributed by atoms with Crippen molar-refractivity contribution in [2.75, 3.05) is 23.3 Å². The van der Waals surface area contributed by atoms with Gasteiger partial charge in [0.15, 0.2) is 0 Å². The number of benzene rings is 2. The highest BCUT2D eigenvalue weighted by molar-refractivity contribution is 5.99. The molecule has 1 unspecified atom stereocenters. The largest absolute Gasteiger partial charge is 0.443 e. The average Bonchev–Trinajstić information content (AvgIpc) is 2.74. The third-order valence-corrected chi connectivity index (χ3v) is 5.74. The molecule has 2 aromatic carbocycles. The Balaban J connectivity index is 1.80. The van der Waals surface area contributed by atoms with Crippen LogP contribution in [0.5, 0.6) is 0 Å². The highest BCUT2D eigenvalue weighted by atomic mass is 16.6. The topological polar surface area (TPSA) is 61.9 Å². The maximum Gasteiger partial charge on any atom is 0.418 e. The minimum atomic E-state index is -0.687. The van der Waals surface area contributed by atoms with Crippen molar-refractivity contribution in [2.24, 2.45) is 0 Å². The fraction of sp³-hybridized carbons (Fsp3) is 0.462. The van der Waals surface area contributed by atoms with Gasteiger partial charge in [0, 0.05) is 30.5 Å². The minimum absolute atomic E-state index is 0.255. The predicted molar refractivity (Wildman–Crippen MR) is 129 cm³/mol. The number of hydrogen-bond acceptors (Lipinski definition) is 4. The zero-order valence-corrected chi connectivity index (χ0v) is 19.9. The molecule has 172 valence electrons. The summed E-state index contributed by atoms with van der Waals surface area (Å²) in [6.07, 6.45) is 1.56. The number of fused-ring (bicyclic) bond motifs is 1. The Morgan fingerprint density at radius 3 is 2.22 bits per heavy atom.